The molecule has 1 N–H and O–H groups in total. The smallest absolute Gasteiger partial charge is 0.237 e. The Morgan fingerprint density at radius 1 is 1.03 bits per heavy atom. The third-order valence-corrected chi connectivity index (χ3v) is 5.56. The predicted octanol–water partition coefficient (Wildman–Crippen LogP) is 4.96. The quantitative estimate of drug-likeness (QED) is 0.558. The molecule has 0 spiro atoms. The molecule has 7 heteroatoms. The van der Waals surface area contributed by atoms with Crippen molar-refractivity contribution in [3.63, 3.8) is 0 Å². The summed E-state index contributed by atoms with van der Waals surface area (Å²) in [6.45, 7) is 8.05. The molecule has 0 aliphatic rings. The zero-order valence-electron chi connectivity index (χ0n) is 17.3. The van der Waals surface area contributed by atoms with Crippen molar-refractivity contribution in [3.05, 3.63) is 54.1 Å². The average molecular weight is 411 g/mol. The summed E-state index contributed by atoms with van der Waals surface area (Å²) in [6.07, 6.45) is 0. The van der Waals surface area contributed by atoms with E-state index in [0.717, 1.165) is 33.5 Å². The van der Waals surface area contributed by atoms with Gasteiger partial charge in [0.2, 0.25) is 5.91 Å². The number of ether oxygens (including phenoxy) is 1. The van der Waals surface area contributed by atoms with E-state index in [0.29, 0.717) is 0 Å². The van der Waals surface area contributed by atoms with Gasteiger partial charge in [-0.25, -0.2) is 0 Å². The minimum Gasteiger partial charge on any atom is -0.497 e. The van der Waals surface area contributed by atoms with Crippen molar-refractivity contribution in [2.45, 2.75) is 44.1 Å². The summed E-state index contributed by atoms with van der Waals surface area (Å²) in [7, 11) is 1.64. The molecule has 0 fully saturated rings. The number of thioether (sulfide) groups is 1. The lowest BCUT2D eigenvalue weighted by Crippen LogP contribution is -2.23. The van der Waals surface area contributed by atoms with Crippen LogP contribution >= 0.6 is 11.8 Å². The summed E-state index contributed by atoms with van der Waals surface area (Å²) >= 11 is 1.40. The highest BCUT2D eigenvalue weighted by molar-refractivity contribution is 8.00. The number of aryl methyl sites for hydroxylation is 1. The summed E-state index contributed by atoms with van der Waals surface area (Å²) in [5.74, 6) is 1.50. The maximum Gasteiger partial charge on any atom is 0.237 e. The first kappa shape index (κ1) is 20.9. The summed E-state index contributed by atoms with van der Waals surface area (Å²) in [6, 6.07) is 15.6. The molecule has 0 bridgehead atoms. The molecule has 0 saturated heterocycles. The molecular weight excluding hydrogens is 384 g/mol. The average Bonchev–Trinajstić information content (AvgIpc) is 3.13. The van der Waals surface area contributed by atoms with Gasteiger partial charge in [-0.05, 0) is 64.1 Å². The van der Waals surface area contributed by atoms with E-state index in [9.17, 15) is 4.79 Å². The summed E-state index contributed by atoms with van der Waals surface area (Å²) < 4.78 is 7.29. The predicted molar refractivity (Wildman–Crippen MR) is 118 cm³/mol. The number of carbonyl (C=O) groups excluding carboxylic acids is 1. The molecule has 1 amide bonds. The van der Waals surface area contributed by atoms with Crippen LogP contribution in [-0.4, -0.2) is 33.0 Å². The molecule has 152 valence electrons. The van der Waals surface area contributed by atoms with Gasteiger partial charge >= 0.3 is 0 Å². The number of aromatic nitrogens is 3. The number of nitrogens with zero attached hydrogens (tertiary/aromatic N) is 3. The van der Waals surface area contributed by atoms with Crippen molar-refractivity contribution in [1.82, 2.24) is 14.8 Å². The van der Waals surface area contributed by atoms with Crippen LogP contribution in [0.3, 0.4) is 0 Å². The second-order valence-electron chi connectivity index (χ2n) is 7.11. The minimum absolute atomic E-state index is 0.0665. The molecule has 3 aromatic rings. The Balaban J connectivity index is 1.78. The van der Waals surface area contributed by atoms with Crippen LogP contribution < -0.4 is 10.1 Å². The van der Waals surface area contributed by atoms with Crippen molar-refractivity contribution < 1.29 is 9.53 Å². The van der Waals surface area contributed by atoms with Crippen molar-refractivity contribution >= 4 is 23.4 Å². The molecule has 1 atom stereocenters. The van der Waals surface area contributed by atoms with Gasteiger partial charge in [-0.2, -0.15) is 0 Å². The van der Waals surface area contributed by atoms with Gasteiger partial charge in [0, 0.05) is 17.3 Å². The molecule has 0 unspecified atom stereocenters. The van der Waals surface area contributed by atoms with E-state index in [2.05, 4.69) is 33.9 Å². The fourth-order valence-electron chi connectivity index (χ4n) is 2.85. The van der Waals surface area contributed by atoms with Gasteiger partial charge < -0.3 is 10.1 Å². The Hall–Kier alpha value is -2.80. The van der Waals surface area contributed by atoms with Crippen LogP contribution in [0, 0.1) is 6.92 Å². The molecule has 0 saturated carbocycles. The summed E-state index contributed by atoms with van der Waals surface area (Å²) in [5.41, 5.74) is 2.90. The molecule has 2 aromatic carbocycles. The first-order chi connectivity index (χ1) is 13.9. The molecule has 0 aliphatic carbocycles. The van der Waals surface area contributed by atoms with Crippen LogP contribution in [-0.2, 0) is 4.79 Å². The molecule has 0 aliphatic heterocycles. The minimum atomic E-state index is -0.318. The molecule has 0 radical (unpaired) electrons. The largest absolute Gasteiger partial charge is 0.497 e. The number of hydrogen-bond acceptors (Lipinski definition) is 5. The van der Waals surface area contributed by atoms with Crippen molar-refractivity contribution in [1.29, 1.82) is 0 Å². The first-order valence-electron chi connectivity index (χ1n) is 9.52. The standard InChI is InChI=1S/C22H26N4O2S/c1-14(2)26-20(17-8-12-19(28-5)13-9-17)24-25-22(26)29-16(4)21(27)23-18-10-6-15(3)7-11-18/h6-14,16H,1-5H3,(H,23,27)/t16-/m1/s1. The molecular formula is C22H26N4O2S. The van der Waals surface area contributed by atoms with Gasteiger partial charge in [-0.1, -0.05) is 29.5 Å². The van der Waals surface area contributed by atoms with Gasteiger partial charge in [-0.3, -0.25) is 9.36 Å². The highest BCUT2D eigenvalue weighted by Crippen LogP contribution is 2.31. The second-order valence-corrected chi connectivity index (χ2v) is 8.42. The van der Waals surface area contributed by atoms with E-state index in [4.69, 9.17) is 4.74 Å². The van der Waals surface area contributed by atoms with E-state index in [1.165, 1.54) is 11.8 Å². The number of rotatable bonds is 7. The van der Waals surface area contributed by atoms with E-state index >= 15 is 0 Å². The third-order valence-electron chi connectivity index (χ3n) is 4.50. The number of methoxy groups -OCH3 is 1. The normalized spacial score (nSPS) is 12.1. The van der Waals surface area contributed by atoms with Gasteiger partial charge in [-0.15, -0.1) is 10.2 Å². The van der Waals surface area contributed by atoms with Gasteiger partial charge in [0.15, 0.2) is 11.0 Å². The van der Waals surface area contributed by atoms with Crippen molar-refractivity contribution in [2.75, 3.05) is 12.4 Å². The van der Waals surface area contributed by atoms with Crippen molar-refractivity contribution in [2.24, 2.45) is 0 Å². The lowest BCUT2D eigenvalue weighted by molar-refractivity contribution is -0.115. The Bertz CT molecular complexity index is 965. The monoisotopic (exact) mass is 410 g/mol. The van der Waals surface area contributed by atoms with Crippen LogP contribution in [0.15, 0.2) is 53.7 Å². The highest BCUT2D eigenvalue weighted by atomic mass is 32.2. The maximum absolute atomic E-state index is 12.6. The zero-order valence-corrected chi connectivity index (χ0v) is 18.2. The van der Waals surface area contributed by atoms with Crippen LogP contribution in [0.5, 0.6) is 5.75 Å². The van der Waals surface area contributed by atoms with Crippen LogP contribution in [0.1, 0.15) is 32.4 Å². The van der Waals surface area contributed by atoms with Gasteiger partial charge in [0.05, 0.1) is 12.4 Å². The Morgan fingerprint density at radius 2 is 1.69 bits per heavy atom. The first-order valence-corrected chi connectivity index (χ1v) is 10.4. The Kier molecular flexibility index (Phi) is 6.59. The van der Waals surface area contributed by atoms with E-state index in [1.807, 2.05) is 62.4 Å². The third kappa shape index (κ3) is 4.98. The van der Waals surface area contributed by atoms with Gasteiger partial charge in [0.1, 0.15) is 5.75 Å². The Morgan fingerprint density at radius 3 is 2.28 bits per heavy atom. The molecule has 1 heterocycles. The molecule has 29 heavy (non-hydrogen) atoms. The summed E-state index contributed by atoms with van der Waals surface area (Å²) in [4.78, 5) is 12.6. The van der Waals surface area contributed by atoms with Gasteiger partial charge in [0.25, 0.3) is 0 Å². The second kappa shape index (κ2) is 9.13. The van der Waals surface area contributed by atoms with E-state index in [-0.39, 0.29) is 17.2 Å². The number of anilines is 1. The number of nitrogens with one attached hydrogen (secondary N) is 1. The molecule has 1 aromatic heterocycles. The number of benzene rings is 2. The van der Waals surface area contributed by atoms with Crippen molar-refractivity contribution in [3.8, 4) is 17.1 Å². The number of amides is 1. The molecule has 3 rings (SSSR count). The van der Waals surface area contributed by atoms with Crippen LogP contribution in [0.25, 0.3) is 11.4 Å². The van der Waals surface area contributed by atoms with E-state index < -0.39 is 0 Å². The van der Waals surface area contributed by atoms with Crippen LogP contribution in [0.2, 0.25) is 0 Å². The number of hydrogen-bond donors (Lipinski definition) is 1. The molecule has 6 nitrogen and oxygen atoms in total. The fraction of sp³-hybridized carbons (Fsp3) is 0.318. The fourth-order valence-corrected chi connectivity index (χ4v) is 3.83. The SMILES string of the molecule is COc1ccc(-c2nnc(S[C@H](C)C(=O)Nc3ccc(C)cc3)n2C(C)C)cc1. The number of carbonyl (C=O) groups is 1. The lowest BCUT2D eigenvalue weighted by Gasteiger charge is -2.16. The topological polar surface area (TPSA) is 69.0 Å². The summed E-state index contributed by atoms with van der Waals surface area (Å²) in [5, 5.41) is 12.1. The Labute approximate surface area is 175 Å². The lowest BCUT2D eigenvalue weighted by atomic mass is 10.2. The highest BCUT2D eigenvalue weighted by Gasteiger charge is 2.22. The van der Waals surface area contributed by atoms with Crippen LogP contribution in [0.4, 0.5) is 5.69 Å². The zero-order chi connectivity index (χ0) is 21.0. The van der Waals surface area contributed by atoms with E-state index in [1.54, 1.807) is 7.11 Å². The maximum atomic E-state index is 12.6.